The molecule has 4 aromatic heterocycles. The van der Waals surface area contributed by atoms with Crippen LogP contribution in [-0.4, -0.2) is 38.7 Å². The molecule has 0 saturated carbocycles. The van der Waals surface area contributed by atoms with Crippen LogP contribution in [0.2, 0.25) is 8.67 Å². The quantitative estimate of drug-likeness (QED) is 0.221. The standard InChI is InChI=1S/C23H15Cl2N5O5S4/c1-35-17-4-2-3-16-22(17)23(28-29(16)13-15-11-14(12-26)9-10-27-15)30(38(31,32)20-7-5-18(24)36-20)39(33,34)21-8-6-19(25)37-21/h2-11H,13H2,1H3. The van der Waals surface area contributed by atoms with Crippen LogP contribution in [0.3, 0.4) is 0 Å². The van der Waals surface area contributed by atoms with E-state index in [9.17, 15) is 22.1 Å². The van der Waals surface area contributed by atoms with Crippen molar-refractivity contribution < 1.29 is 21.6 Å². The highest BCUT2D eigenvalue weighted by molar-refractivity contribution is 8.11. The fourth-order valence-electron chi connectivity index (χ4n) is 3.78. The van der Waals surface area contributed by atoms with Gasteiger partial charge in [-0.2, -0.15) is 27.2 Å². The highest BCUT2D eigenvalue weighted by Crippen LogP contribution is 2.42. The second-order valence-corrected chi connectivity index (χ2v) is 15.5. The molecule has 0 unspecified atom stereocenters. The van der Waals surface area contributed by atoms with Gasteiger partial charge in [0.25, 0.3) is 20.0 Å². The number of rotatable bonds is 8. The summed E-state index contributed by atoms with van der Waals surface area (Å²) >= 11 is 13.4. The number of hydrogen-bond donors (Lipinski definition) is 0. The van der Waals surface area contributed by atoms with Crippen molar-refractivity contribution in [3.05, 3.63) is 80.7 Å². The molecule has 0 bridgehead atoms. The Labute approximate surface area is 241 Å². The third kappa shape index (κ3) is 4.97. The van der Waals surface area contributed by atoms with Crippen molar-refractivity contribution in [2.45, 2.75) is 15.0 Å². The van der Waals surface area contributed by atoms with Gasteiger partial charge in [0.2, 0.25) is 0 Å². The van der Waals surface area contributed by atoms with Crippen molar-refractivity contribution in [2.24, 2.45) is 0 Å². The number of nitrogens with zero attached hydrogens (tertiary/aromatic N) is 5. The molecule has 5 rings (SSSR count). The Balaban J connectivity index is 1.81. The zero-order valence-electron chi connectivity index (χ0n) is 19.6. The lowest BCUT2D eigenvalue weighted by Crippen LogP contribution is -2.37. The molecule has 0 fully saturated rings. The van der Waals surface area contributed by atoms with E-state index in [2.05, 4.69) is 10.1 Å². The van der Waals surface area contributed by atoms with E-state index in [1.807, 2.05) is 6.07 Å². The normalized spacial score (nSPS) is 11.9. The van der Waals surface area contributed by atoms with Gasteiger partial charge in [-0.15, -0.1) is 26.4 Å². The van der Waals surface area contributed by atoms with Crippen molar-refractivity contribution in [1.29, 1.82) is 5.26 Å². The van der Waals surface area contributed by atoms with Crippen LogP contribution in [0.15, 0.2) is 69.2 Å². The number of methoxy groups -OCH3 is 1. The molecule has 200 valence electrons. The Hall–Kier alpha value is -3.19. The van der Waals surface area contributed by atoms with E-state index in [-0.39, 0.29) is 38.5 Å². The van der Waals surface area contributed by atoms with E-state index in [4.69, 9.17) is 27.9 Å². The van der Waals surface area contributed by atoms with Gasteiger partial charge in [0.15, 0.2) is 5.82 Å². The van der Waals surface area contributed by atoms with Crippen molar-refractivity contribution in [3.8, 4) is 11.8 Å². The minimum Gasteiger partial charge on any atom is -0.496 e. The van der Waals surface area contributed by atoms with Gasteiger partial charge in [0.05, 0.1) is 50.6 Å². The number of thiophene rings is 2. The van der Waals surface area contributed by atoms with E-state index >= 15 is 0 Å². The van der Waals surface area contributed by atoms with Gasteiger partial charge in [-0.05, 0) is 48.5 Å². The average Bonchev–Trinajstić information content (AvgIpc) is 3.64. The third-order valence-corrected chi connectivity index (χ3v) is 12.9. The molecule has 10 nitrogen and oxygen atoms in total. The number of pyridine rings is 1. The van der Waals surface area contributed by atoms with Crippen LogP contribution in [0.5, 0.6) is 5.75 Å². The Kier molecular flexibility index (Phi) is 7.31. The summed E-state index contributed by atoms with van der Waals surface area (Å²) in [4.78, 5) is 4.27. The molecule has 0 N–H and O–H groups in total. The van der Waals surface area contributed by atoms with Crippen LogP contribution in [-0.2, 0) is 26.6 Å². The topological polar surface area (TPSA) is 135 Å². The molecule has 0 saturated heterocycles. The number of aromatic nitrogens is 3. The van der Waals surface area contributed by atoms with Crippen molar-refractivity contribution in [3.63, 3.8) is 0 Å². The van der Waals surface area contributed by atoms with Gasteiger partial charge in [-0.3, -0.25) is 9.67 Å². The summed E-state index contributed by atoms with van der Waals surface area (Å²) in [7, 11) is -8.15. The van der Waals surface area contributed by atoms with Crippen LogP contribution in [0.25, 0.3) is 10.9 Å². The third-order valence-electron chi connectivity index (χ3n) is 5.41. The maximum Gasteiger partial charge on any atom is 0.288 e. The van der Waals surface area contributed by atoms with Crippen molar-refractivity contribution in [2.75, 3.05) is 10.8 Å². The molecule has 0 spiro atoms. The smallest absolute Gasteiger partial charge is 0.288 e. The molecule has 0 atom stereocenters. The summed E-state index contributed by atoms with van der Waals surface area (Å²) in [5, 5.41) is 13.9. The Bertz CT molecular complexity index is 1910. The van der Waals surface area contributed by atoms with Gasteiger partial charge in [-0.25, -0.2) is 0 Å². The van der Waals surface area contributed by atoms with Gasteiger partial charge in [-0.1, -0.05) is 29.3 Å². The lowest BCUT2D eigenvalue weighted by Gasteiger charge is -2.21. The van der Waals surface area contributed by atoms with E-state index in [1.165, 1.54) is 42.3 Å². The largest absolute Gasteiger partial charge is 0.496 e. The number of halogens is 2. The lowest BCUT2D eigenvalue weighted by atomic mass is 10.2. The first-order valence-corrected chi connectivity index (χ1v) is 16.0. The molecular formula is C23H15Cl2N5O5S4. The molecule has 0 aliphatic heterocycles. The second kappa shape index (κ2) is 10.4. The predicted molar refractivity (Wildman–Crippen MR) is 150 cm³/mol. The molecule has 0 aliphatic rings. The number of hydrogen-bond acceptors (Lipinski definition) is 10. The minimum absolute atomic E-state index is 0.00276. The lowest BCUT2D eigenvalue weighted by molar-refractivity contribution is 0.420. The maximum absolute atomic E-state index is 14.0. The molecule has 0 aliphatic carbocycles. The Morgan fingerprint density at radius 2 is 1.64 bits per heavy atom. The Morgan fingerprint density at radius 3 is 2.18 bits per heavy atom. The molecular weight excluding hydrogens is 625 g/mol. The van der Waals surface area contributed by atoms with Gasteiger partial charge in [0.1, 0.15) is 14.2 Å². The summed E-state index contributed by atoms with van der Waals surface area (Å²) in [6.07, 6.45) is 1.46. The summed E-state index contributed by atoms with van der Waals surface area (Å²) < 4.78 is 62.9. The number of sulfonamides is 2. The number of ether oxygens (including phenoxy) is 1. The molecule has 39 heavy (non-hydrogen) atoms. The average molecular weight is 641 g/mol. The first-order valence-electron chi connectivity index (χ1n) is 10.8. The van der Waals surface area contributed by atoms with Crippen LogP contribution < -0.4 is 8.45 Å². The molecule has 16 heteroatoms. The summed E-state index contributed by atoms with van der Waals surface area (Å²) in [5.74, 6) is -0.218. The Morgan fingerprint density at radius 1 is 1.00 bits per heavy atom. The molecule has 1 aromatic carbocycles. The fourth-order valence-corrected chi connectivity index (χ4v) is 10.7. The molecule has 5 aromatic rings. The summed E-state index contributed by atoms with van der Waals surface area (Å²) in [6, 6.07) is 15.2. The zero-order valence-corrected chi connectivity index (χ0v) is 24.4. The van der Waals surface area contributed by atoms with E-state index in [1.54, 1.807) is 30.3 Å². The minimum atomic E-state index is -4.76. The highest BCUT2D eigenvalue weighted by atomic mass is 35.5. The van der Waals surface area contributed by atoms with Crippen LogP contribution >= 0.6 is 45.9 Å². The van der Waals surface area contributed by atoms with E-state index in [0.717, 1.165) is 0 Å². The predicted octanol–water partition coefficient (Wildman–Crippen LogP) is 5.37. The number of fused-ring (bicyclic) bond motifs is 1. The van der Waals surface area contributed by atoms with Crippen LogP contribution in [0, 0.1) is 11.3 Å². The fraction of sp³-hybridized carbons (Fsp3) is 0.0870. The molecule has 0 amide bonds. The SMILES string of the molecule is COc1cccc2c1c(N(S(=O)(=O)c1ccc(Cl)s1)S(=O)(=O)c1ccc(Cl)s1)nn2Cc1cc(C#N)ccn1. The van der Waals surface area contributed by atoms with Crippen LogP contribution in [0.4, 0.5) is 5.82 Å². The summed E-state index contributed by atoms with van der Waals surface area (Å²) in [5.41, 5.74) is 1.18. The number of nitriles is 1. The monoisotopic (exact) mass is 639 g/mol. The van der Waals surface area contributed by atoms with E-state index in [0.29, 0.717) is 39.4 Å². The number of benzene rings is 1. The second-order valence-electron chi connectivity index (χ2n) is 7.81. The first kappa shape index (κ1) is 27.4. The molecule has 4 heterocycles. The van der Waals surface area contributed by atoms with Crippen LogP contribution in [0.1, 0.15) is 11.3 Å². The number of anilines is 1. The zero-order chi connectivity index (χ0) is 27.9. The maximum atomic E-state index is 14.0. The summed E-state index contributed by atoms with van der Waals surface area (Å²) in [6.45, 7) is 0.00276. The highest BCUT2D eigenvalue weighted by Gasteiger charge is 2.42. The molecule has 0 radical (unpaired) electrons. The first-order chi connectivity index (χ1) is 18.6. The van der Waals surface area contributed by atoms with Crippen molar-refractivity contribution >= 4 is 82.6 Å². The van der Waals surface area contributed by atoms with E-state index < -0.39 is 25.9 Å². The van der Waals surface area contributed by atoms with Crippen molar-refractivity contribution in [1.82, 2.24) is 14.8 Å². The van der Waals surface area contributed by atoms with Gasteiger partial charge < -0.3 is 4.74 Å². The van der Waals surface area contributed by atoms with Gasteiger partial charge >= 0.3 is 0 Å². The van der Waals surface area contributed by atoms with Gasteiger partial charge in [0, 0.05) is 6.20 Å².